The van der Waals surface area contributed by atoms with E-state index in [1.807, 2.05) is 0 Å². The quantitative estimate of drug-likeness (QED) is 0.721. The van der Waals surface area contributed by atoms with Crippen LogP contribution < -0.4 is 10.6 Å². The van der Waals surface area contributed by atoms with Crippen molar-refractivity contribution >= 4 is 12.0 Å². The Morgan fingerprint density at radius 3 is 2.56 bits per heavy atom. The number of rotatable bonds is 4. The summed E-state index contributed by atoms with van der Waals surface area (Å²) in [7, 11) is 0. The van der Waals surface area contributed by atoms with Gasteiger partial charge in [0.2, 0.25) is 0 Å². The fourth-order valence-electron chi connectivity index (χ4n) is 2.33. The smallest absolute Gasteiger partial charge is 0.329 e. The lowest BCUT2D eigenvalue weighted by atomic mass is 9.87. The summed E-state index contributed by atoms with van der Waals surface area (Å²) in [5.41, 5.74) is -1.19. The van der Waals surface area contributed by atoms with E-state index >= 15 is 0 Å². The van der Waals surface area contributed by atoms with Crippen LogP contribution >= 0.6 is 0 Å². The van der Waals surface area contributed by atoms with Gasteiger partial charge in [-0.05, 0) is 32.1 Å². The molecule has 0 aromatic heterocycles. The lowest BCUT2D eigenvalue weighted by Crippen LogP contribution is -2.56. The van der Waals surface area contributed by atoms with E-state index in [0.717, 1.165) is 19.3 Å². The molecule has 18 heavy (non-hydrogen) atoms. The maximum atomic E-state index is 11.8. The maximum absolute atomic E-state index is 11.8. The van der Waals surface area contributed by atoms with Crippen molar-refractivity contribution in [2.24, 2.45) is 5.92 Å². The minimum Gasteiger partial charge on any atom is -0.480 e. The number of urea groups is 1. The first-order chi connectivity index (χ1) is 8.37. The summed E-state index contributed by atoms with van der Waals surface area (Å²) in [6, 6.07) is -0.204. The molecule has 5 heteroatoms. The number of carbonyl (C=O) groups excluding carboxylic acids is 1. The van der Waals surface area contributed by atoms with E-state index in [1.54, 1.807) is 6.92 Å². The van der Waals surface area contributed by atoms with Gasteiger partial charge >= 0.3 is 12.0 Å². The van der Waals surface area contributed by atoms with Crippen molar-refractivity contribution < 1.29 is 14.7 Å². The van der Waals surface area contributed by atoms with E-state index in [4.69, 9.17) is 5.11 Å². The highest BCUT2D eigenvalue weighted by molar-refractivity contribution is 5.85. The summed E-state index contributed by atoms with van der Waals surface area (Å²) in [5, 5.41) is 14.5. The van der Waals surface area contributed by atoms with Crippen LogP contribution in [0.2, 0.25) is 0 Å². The van der Waals surface area contributed by atoms with E-state index in [2.05, 4.69) is 17.6 Å². The zero-order chi connectivity index (χ0) is 13.8. The molecule has 1 aliphatic rings. The van der Waals surface area contributed by atoms with Crippen molar-refractivity contribution in [1.82, 2.24) is 10.6 Å². The number of carbonyl (C=O) groups is 2. The van der Waals surface area contributed by atoms with Crippen LogP contribution in [0.1, 0.15) is 52.9 Å². The van der Waals surface area contributed by atoms with E-state index in [0.29, 0.717) is 12.3 Å². The molecule has 1 fully saturated rings. The number of hydrogen-bond acceptors (Lipinski definition) is 2. The van der Waals surface area contributed by atoms with Gasteiger partial charge in [0.25, 0.3) is 0 Å². The molecule has 0 aromatic carbocycles. The third kappa shape index (κ3) is 3.89. The van der Waals surface area contributed by atoms with Crippen LogP contribution in [-0.2, 0) is 4.79 Å². The van der Waals surface area contributed by atoms with Crippen molar-refractivity contribution in [3.63, 3.8) is 0 Å². The van der Waals surface area contributed by atoms with Crippen molar-refractivity contribution in [2.45, 2.75) is 64.5 Å². The molecule has 3 N–H and O–H groups in total. The highest BCUT2D eigenvalue weighted by atomic mass is 16.4. The van der Waals surface area contributed by atoms with Crippen LogP contribution in [0.5, 0.6) is 0 Å². The Morgan fingerprint density at radius 2 is 2.06 bits per heavy atom. The zero-order valence-electron chi connectivity index (χ0n) is 11.5. The molecule has 0 aromatic rings. The van der Waals surface area contributed by atoms with Crippen LogP contribution in [0.3, 0.4) is 0 Å². The van der Waals surface area contributed by atoms with E-state index in [1.165, 1.54) is 13.3 Å². The SMILES string of the molecule is CCC(C)(NC(=O)NC1CCCC(C)C1)C(=O)O. The summed E-state index contributed by atoms with van der Waals surface area (Å²) in [4.78, 5) is 22.9. The Bertz CT molecular complexity index is 319. The largest absolute Gasteiger partial charge is 0.480 e. The molecule has 3 unspecified atom stereocenters. The van der Waals surface area contributed by atoms with Crippen LogP contribution in [0.4, 0.5) is 4.79 Å². The molecule has 1 saturated carbocycles. The molecule has 5 nitrogen and oxygen atoms in total. The number of aliphatic carboxylic acids is 1. The third-order valence-corrected chi connectivity index (χ3v) is 3.84. The minimum absolute atomic E-state index is 0.170. The standard InChI is InChI=1S/C13H24N2O3/c1-4-13(3,11(16)17)15-12(18)14-10-7-5-6-9(2)8-10/h9-10H,4-8H2,1-3H3,(H,16,17)(H2,14,15,18). The van der Waals surface area contributed by atoms with Crippen molar-refractivity contribution in [1.29, 1.82) is 0 Å². The lowest BCUT2D eigenvalue weighted by Gasteiger charge is -2.30. The summed E-state index contributed by atoms with van der Waals surface area (Å²) in [5.74, 6) is -0.377. The van der Waals surface area contributed by atoms with Gasteiger partial charge in [0.15, 0.2) is 0 Å². The predicted octanol–water partition coefficient (Wildman–Crippen LogP) is 2.12. The Labute approximate surface area is 108 Å². The van der Waals surface area contributed by atoms with Gasteiger partial charge in [0, 0.05) is 6.04 Å². The minimum atomic E-state index is -1.19. The van der Waals surface area contributed by atoms with Crippen molar-refractivity contribution in [3.8, 4) is 0 Å². The second-order valence-electron chi connectivity index (χ2n) is 5.56. The van der Waals surface area contributed by atoms with Gasteiger partial charge < -0.3 is 15.7 Å². The monoisotopic (exact) mass is 256 g/mol. The van der Waals surface area contributed by atoms with Crippen LogP contribution in [0.15, 0.2) is 0 Å². The summed E-state index contributed by atoms with van der Waals surface area (Å²) in [6.07, 6.45) is 4.64. The van der Waals surface area contributed by atoms with E-state index in [9.17, 15) is 9.59 Å². The average Bonchev–Trinajstić information content (AvgIpc) is 2.28. The molecule has 0 aliphatic heterocycles. The van der Waals surface area contributed by atoms with Crippen LogP contribution in [-0.4, -0.2) is 28.7 Å². The molecule has 1 aliphatic carbocycles. The Kier molecular flexibility index (Phi) is 4.99. The first-order valence-electron chi connectivity index (χ1n) is 6.69. The van der Waals surface area contributed by atoms with Crippen molar-refractivity contribution in [3.05, 3.63) is 0 Å². The molecular weight excluding hydrogens is 232 g/mol. The average molecular weight is 256 g/mol. The van der Waals surface area contributed by atoms with Gasteiger partial charge in [0.05, 0.1) is 0 Å². The summed E-state index contributed by atoms with van der Waals surface area (Å²) < 4.78 is 0. The van der Waals surface area contributed by atoms with Gasteiger partial charge in [-0.3, -0.25) is 0 Å². The first-order valence-corrected chi connectivity index (χ1v) is 6.69. The first kappa shape index (κ1) is 14.8. The van der Waals surface area contributed by atoms with Gasteiger partial charge in [-0.15, -0.1) is 0 Å². The highest BCUT2D eigenvalue weighted by Crippen LogP contribution is 2.23. The number of amides is 2. The molecule has 0 heterocycles. The Hall–Kier alpha value is -1.26. The molecule has 3 atom stereocenters. The second-order valence-corrected chi connectivity index (χ2v) is 5.56. The van der Waals surface area contributed by atoms with E-state index < -0.39 is 11.5 Å². The molecule has 0 saturated heterocycles. The Morgan fingerprint density at radius 1 is 1.39 bits per heavy atom. The molecule has 0 radical (unpaired) electrons. The number of nitrogens with one attached hydrogen (secondary N) is 2. The lowest BCUT2D eigenvalue weighted by molar-refractivity contribution is -0.143. The molecular formula is C13H24N2O3. The Balaban J connectivity index is 2.48. The van der Waals surface area contributed by atoms with Gasteiger partial charge in [-0.2, -0.15) is 0 Å². The van der Waals surface area contributed by atoms with Crippen LogP contribution in [0.25, 0.3) is 0 Å². The molecule has 2 amide bonds. The highest BCUT2D eigenvalue weighted by Gasteiger charge is 2.33. The molecule has 0 bridgehead atoms. The molecule has 0 spiro atoms. The summed E-state index contributed by atoms with van der Waals surface area (Å²) in [6.45, 7) is 5.45. The van der Waals surface area contributed by atoms with Gasteiger partial charge in [-0.1, -0.05) is 26.7 Å². The molecule has 1 rings (SSSR count). The summed E-state index contributed by atoms with van der Waals surface area (Å²) >= 11 is 0. The topological polar surface area (TPSA) is 78.4 Å². The van der Waals surface area contributed by atoms with Gasteiger partial charge in [-0.25, -0.2) is 9.59 Å². The fourth-order valence-corrected chi connectivity index (χ4v) is 2.33. The molecule has 104 valence electrons. The van der Waals surface area contributed by atoms with Gasteiger partial charge in [0.1, 0.15) is 5.54 Å². The predicted molar refractivity (Wildman–Crippen MR) is 69.4 cm³/mol. The number of carboxylic acid groups (broad SMARTS) is 1. The van der Waals surface area contributed by atoms with Crippen molar-refractivity contribution in [2.75, 3.05) is 0 Å². The van der Waals surface area contributed by atoms with Crippen LogP contribution in [0, 0.1) is 5.92 Å². The van der Waals surface area contributed by atoms with E-state index in [-0.39, 0.29) is 12.1 Å². The maximum Gasteiger partial charge on any atom is 0.329 e. The number of hydrogen-bond donors (Lipinski definition) is 3. The second kappa shape index (κ2) is 6.07. The fraction of sp³-hybridized carbons (Fsp3) is 0.846. The number of carboxylic acids is 1. The normalized spacial score (nSPS) is 27.1. The zero-order valence-corrected chi connectivity index (χ0v) is 11.5. The third-order valence-electron chi connectivity index (χ3n) is 3.84.